The van der Waals surface area contributed by atoms with Crippen molar-refractivity contribution in [2.75, 3.05) is 26.2 Å². The van der Waals surface area contributed by atoms with Crippen LogP contribution in [0.25, 0.3) is 0 Å². The molecule has 2 fully saturated rings. The van der Waals surface area contributed by atoms with Crippen LogP contribution in [0.4, 0.5) is 0 Å². The zero-order chi connectivity index (χ0) is 14.4. The van der Waals surface area contributed by atoms with Crippen molar-refractivity contribution in [1.82, 2.24) is 10.2 Å². The molecule has 1 heterocycles. The molecule has 4 heteroatoms. The van der Waals surface area contributed by atoms with Gasteiger partial charge in [0.15, 0.2) is 0 Å². The molecule has 1 aliphatic carbocycles. The van der Waals surface area contributed by atoms with Gasteiger partial charge in [0, 0.05) is 12.1 Å². The van der Waals surface area contributed by atoms with E-state index in [-0.39, 0.29) is 11.9 Å². The van der Waals surface area contributed by atoms with E-state index in [9.17, 15) is 4.79 Å². The van der Waals surface area contributed by atoms with Crippen LogP contribution in [0.1, 0.15) is 52.4 Å². The number of esters is 1. The van der Waals surface area contributed by atoms with E-state index >= 15 is 0 Å². The molecule has 2 atom stereocenters. The molecule has 4 nitrogen and oxygen atoms in total. The average molecular weight is 282 g/mol. The smallest absolute Gasteiger partial charge is 0.308 e. The molecule has 0 radical (unpaired) electrons. The molecule has 0 bridgehead atoms. The normalized spacial score (nSPS) is 29.3. The fourth-order valence-electron chi connectivity index (χ4n) is 3.56. The van der Waals surface area contributed by atoms with Gasteiger partial charge in [-0.2, -0.15) is 0 Å². The van der Waals surface area contributed by atoms with Gasteiger partial charge in [-0.1, -0.05) is 13.3 Å². The lowest BCUT2D eigenvalue weighted by molar-refractivity contribution is -0.149. The number of hydrogen-bond acceptors (Lipinski definition) is 4. The minimum Gasteiger partial charge on any atom is -0.466 e. The molecule has 116 valence electrons. The first kappa shape index (κ1) is 15.8. The molecule has 1 aliphatic heterocycles. The van der Waals surface area contributed by atoms with Crippen LogP contribution in [-0.4, -0.2) is 49.2 Å². The van der Waals surface area contributed by atoms with Gasteiger partial charge < -0.3 is 15.0 Å². The maximum Gasteiger partial charge on any atom is 0.308 e. The van der Waals surface area contributed by atoms with Crippen LogP contribution < -0.4 is 5.32 Å². The first-order valence-electron chi connectivity index (χ1n) is 8.38. The predicted molar refractivity (Wildman–Crippen MR) is 80.7 cm³/mol. The van der Waals surface area contributed by atoms with Crippen LogP contribution in [0, 0.1) is 5.92 Å². The van der Waals surface area contributed by atoms with E-state index < -0.39 is 0 Å². The minimum absolute atomic E-state index is 0.0137. The van der Waals surface area contributed by atoms with E-state index in [1.54, 1.807) is 0 Å². The molecule has 0 aromatic carbocycles. The number of ether oxygens (including phenoxy) is 1. The van der Waals surface area contributed by atoms with Gasteiger partial charge in [0.05, 0.1) is 12.5 Å². The second-order valence-corrected chi connectivity index (χ2v) is 6.19. The van der Waals surface area contributed by atoms with Gasteiger partial charge in [-0.15, -0.1) is 0 Å². The van der Waals surface area contributed by atoms with Crippen molar-refractivity contribution in [2.45, 2.75) is 64.5 Å². The summed E-state index contributed by atoms with van der Waals surface area (Å²) >= 11 is 0. The van der Waals surface area contributed by atoms with Crippen LogP contribution in [0.3, 0.4) is 0 Å². The largest absolute Gasteiger partial charge is 0.466 e. The molecule has 0 aromatic rings. The number of likely N-dealkylation sites (tertiary alicyclic amines) is 1. The molecule has 0 spiro atoms. The van der Waals surface area contributed by atoms with E-state index in [0.717, 1.165) is 19.3 Å². The molecule has 20 heavy (non-hydrogen) atoms. The minimum atomic E-state index is 0.0137. The van der Waals surface area contributed by atoms with E-state index in [4.69, 9.17) is 4.74 Å². The second-order valence-electron chi connectivity index (χ2n) is 6.19. The Morgan fingerprint density at radius 3 is 2.55 bits per heavy atom. The van der Waals surface area contributed by atoms with Crippen molar-refractivity contribution in [1.29, 1.82) is 0 Å². The summed E-state index contributed by atoms with van der Waals surface area (Å²) in [5, 5.41) is 3.79. The van der Waals surface area contributed by atoms with Crippen molar-refractivity contribution in [2.24, 2.45) is 5.92 Å². The van der Waals surface area contributed by atoms with E-state index in [1.165, 1.54) is 38.9 Å². The van der Waals surface area contributed by atoms with Crippen LogP contribution in [-0.2, 0) is 9.53 Å². The molecule has 1 saturated carbocycles. The number of hydrogen-bond donors (Lipinski definition) is 1. The van der Waals surface area contributed by atoms with E-state index in [1.807, 2.05) is 6.92 Å². The fraction of sp³-hybridized carbons (Fsp3) is 0.938. The summed E-state index contributed by atoms with van der Waals surface area (Å²) in [7, 11) is 0. The van der Waals surface area contributed by atoms with Crippen LogP contribution in [0.5, 0.6) is 0 Å². The van der Waals surface area contributed by atoms with Crippen molar-refractivity contribution in [3.63, 3.8) is 0 Å². The van der Waals surface area contributed by atoms with Crippen molar-refractivity contribution >= 4 is 5.97 Å². The first-order chi connectivity index (χ1) is 9.72. The van der Waals surface area contributed by atoms with E-state index in [2.05, 4.69) is 17.1 Å². The summed E-state index contributed by atoms with van der Waals surface area (Å²) in [6.45, 7) is 8.21. The monoisotopic (exact) mass is 282 g/mol. The zero-order valence-corrected chi connectivity index (χ0v) is 13.1. The number of rotatable bonds is 5. The summed E-state index contributed by atoms with van der Waals surface area (Å²) in [4.78, 5) is 14.4. The molecule has 2 unspecified atom stereocenters. The Bertz CT molecular complexity index is 301. The van der Waals surface area contributed by atoms with Gasteiger partial charge in [0.25, 0.3) is 0 Å². The Morgan fingerprint density at radius 2 is 1.90 bits per heavy atom. The average Bonchev–Trinajstić information content (AvgIpc) is 2.48. The quantitative estimate of drug-likeness (QED) is 0.785. The first-order valence-corrected chi connectivity index (χ1v) is 8.38. The van der Waals surface area contributed by atoms with E-state index in [0.29, 0.717) is 18.7 Å². The Kier molecular flexibility index (Phi) is 6.30. The SMILES string of the molecule is CCOC(=O)C1CCCC(NC2CCN(CC)CC2)C1. The number of piperidine rings is 1. The standard InChI is InChI=1S/C16H30N2O2/c1-3-18-10-8-14(9-11-18)17-15-7-5-6-13(12-15)16(19)20-4-2/h13-15,17H,3-12H2,1-2H3. The van der Waals surface area contributed by atoms with Gasteiger partial charge in [-0.25, -0.2) is 0 Å². The fourth-order valence-corrected chi connectivity index (χ4v) is 3.56. The highest BCUT2D eigenvalue weighted by atomic mass is 16.5. The number of carbonyl (C=O) groups is 1. The summed E-state index contributed by atoms with van der Waals surface area (Å²) in [6, 6.07) is 1.15. The Labute approximate surface area is 123 Å². The topological polar surface area (TPSA) is 41.6 Å². The molecule has 2 aliphatic rings. The third-order valence-electron chi connectivity index (χ3n) is 4.80. The van der Waals surface area contributed by atoms with Gasteiger partial charge in [0.2, 0.25) is 0 Å². The van der Waals surface area contributed by atoms with Gasteiger partial charge in [-0.05, 0) is 58.7 Å². The Morgan fingerprint density at radius 1 is 1.15 bits per heavy atom. The highest BCUT2D eigenvalue weighted by Crippen LogP contribution is 2.26. The van der Waals surface area contributed by atoms with Crippen LogP contribution >= 0.6 is 0 Å². The summed E-state index contributed by atoms with van der Waals surface area (Å²) in [5.74, 6) is 0.136. The van der Waals surface area contributed by atoms with Gasteiger partial charge >= 0.3 is 5.97 Å². The van der Waals surface area contributed by atoms with Gasteiger partial charge in [0.1, 0.15) is 0 Å². The molecule has 0 aromatic heterocycles. The van der Waals surface area contributed by atoms with Crippen molar-refractivity contribution < 1.29 is 9.53 Å². The number of carbonyl (C=O) groups excluding carboxylic acids is 1. The second kappa shape index (κ2) is 7.99. The Balaban J connectivity index is 1.74. The molecule has 0 amide bonds. The van der Waals surface area contributed by atoms with Crippen molar-refractivity contribution in [3.05, 3.63) is 0 Å². The third-order valence-corrected chi connectivity index (χ3v) is 4.80. The highest BCUT2D eigenvalue weighted by molar-refractivity contribution is 5.72. The summed E-state index contributed by atoms with van der Waals surface area (Å²) in [6.07, 6.45) is 6.82. The number of nitrogens with one attached hydrogen (secondary N) is 1. The lowest BCUT2D eigenvalue weighted by atomic mass is 9.85. The van der Waals surface area contributed by atoms with Crippen LogP contribution in [0.2, 0.25) is 0 Å². The molecule has 2 rings (SSSR count). The maximum atomic E-state index is 11.9. The maximum absolute atomic E-state index is 11.9. The van der Waals surface area contributed by atoms with Crippen molar-refractivity contribution in [3.8, 4) is 0 Å². The lowest BCUT2D eigenvalue weighted by Gasteiger charge is -2.36. The lowest BCUT2D eigenvalue weighted by Crippen LogP contribution is -2.47. The summed E-state index contributed by atoms with van der Waals surface area (Å²) in [5.41, 5.74) is 0. The summed E-state index contributed by atoms with van der Waals surface area (Å²) < 4.78 is 5.17. The molecule has 1 N–H and O–H groups in total. The highest BCUT2D eigenvalue weighted by Gasteiger charge is 2.30. The number of nitrogens with zero attached hydrogens (tertiary/aromatic N) is 1. The third kappa shape index (κ3) is 4.45. The van der Waals surface area contributed by atoms with Crippen LogP contribution in [0.15, 0.2) is 0 Å². The predicted octanol–water partition coefficient (Wildman–Crippen LogP) is 2.18. The molecular weight excluding hydrogens is 252 g/mol. The molecule has 1 saturated heterocycles. The molecular formula is C16H30N2O2. The van der Waals surface area contributed by atoms with Gasteiger partial charge in [-0.3, -0.25) is 4.79 Å². The Hall–Kier alpha value is -0.610. The zero-order valence-electron chi connectivity index (χ0n) is 13.1.